The van der Waals surface area contributed by atoms with Crippen LogP contribution in [0.15, 0.2) is 67.1 Å². The molecule has 0 saturated carbocycles. The summed E-state index contributed by atoms with van der Waals surface area (Å²) in [7, 11) is 0. The van der Waals surface area contributed by atoms with Gasteiger partial charge in [-0.3, -0.25) is 43.8 Å². The van der Waals surface area contributed by atoms with Gasteiger partial charge in [-0.2, -0.15) is 0 Å². The summed E-state index contributed by atoms with van der Waals surface area (Å²) in [5.41, 5.74) is 12.7. The Bertz CT molecular complexity index is 2460. The Morgan fingerprint density at radius 3 is 1.96 bits per heavy atom. The molecular formula is C51H73N13O12. The number of phenols is 1. The zero-order valence-corrected chi connectivity index (χ0v) is 43.2. The second-order valence-electron chi connectivity index (χ2n) is 19.2. The first kappa shape index (κ1) is 60.5. The topological polar surface area (TPSA) is 406 Å². The number of nitrogens with two attached hydrogens (primary N) is 2. The third-order valence-corrected chi connectivity index (χ3v) is 13.0. The lowest BCUT2D eigenvalue weighted by atomic mass is 9.96. The van der Waals surface area contributed by atoms with Gasteiger partial charge >= 0.3 is 11.9 Å². The fourth-order valence-electron chi connectivity index (χ4n) is 8.50. The number of hydrogen-bond acceptors (Lipinski definition) is 13. The highest BCUT2D eigenvalue weighted by Gasteiger charge is 2.41. The number of carboxylic acid groups (broad SMARTS) is 2. The number of aliphatic carboxylic acids is 2. The van der Waals surface area contributed by atoms with Gasteiger partial charge in [0.1, 0.15) is 48.0 Å². The Balaban J connectivity index is 1.58. The Labute approximate surface area is 440 Å². The van der Waals surface area contributed by atoms with Crippen molar-refractivity contribution >= 4 is 59.2 Å². The Morgan fingerprint density at radius 1 is 0.750 bits per heavy atom. The van der Waals surface area contributed by atoms with Crippen LogP contribution < -0.4 is 48.7 Å². The first-order valence-electron chi connectivity index (χ1n) is 25.3. The fourth-order valence-corrected chi connectivity index (χ4v) is 8.50. The first-order chi connectivity index (χ1) is 36.1. The van der Waals surface area contributed by atoms with Crippen LogP contribution in [0.2, 0.25) is 0 Å². The first-order valence-corrected chi connectivity index (χ1v) is 25.3. The van der Waals surface area contributed by atoms with Crippen molar-refractivity contribution in [2.24, 2.45) is 23.3 Å². The number of imidazole rings is 1. The maximum atomic E-state index is 14.6. The minimum absolute atomic E-state index is 0.00258. The maximum absolute atomic E-state index is 14.6. The number of guanidine groups is 1. The molecule has 0 spiro atoms. The van der Waals surface area contributed by atoms with E-state index in [9.17, 15) is 58.5 Å². The van der Waals surface area contributed by atoms with Crippen LogP contribution in [0.25, 0.3) is 0 Å². The molecule has 0 aliphatic carbocycles. The van der Waals surface area contributed by atoms with Crippen LogP contribution in [0.5, 0.6) is 5.75 Å². The molecule has 1 aliphatic rings. The highest BCUT2D eigenvalue weighted by molar-refractivity contribution is 5.98. The van der Waals surface area contributed by atoms with Crippen LogP contribution >= 0.6 is 0 Å². The summed E-state index contributed by atoms with van der Waals surface area (Å²) < 4.78 is 0. The van der Waals surface area contributed by atoms with Crippen LogP contribution in [0.1, 0.15) is 89.5 Å². The summed E-state index contributed by atoms with van der Waals surface area (Å²) in [6, 6.07) is 4.02. The summed E-state index contributed by atoms with van der Waals surface area (Å²) in [5.74, 6) is -9.63. The molecule has 9 atom stereocenters. The van der Waals surface area contributed by atoms with Gasteiger partial charge in [-0.1, -0.05) is 76.6 Å². The van der Waals surface area contributed by atoms with Gasteiger partial charge in [0.2, 0.25) is 41.4 Å². The van der Waals surface area contributed by atoms with E-state index in [1.54, 1.807) is 58.0 Å². The van der Waals surface area contributed by atoms with E-state index >= 15 is 0 Å². The molecule has 1 aliphatic heterocycles. The van der Waals surface area contributed by atoms with Crippen LogP contribution in [0.4, 0.5) is 0 Å². The van der Waals surface area contributed by atoms with Crippen LogP contribution in [-0.2, 0) is 62.4 Å². The zero-order chi connectivity index (χ0) is 56.1. The van der Waals surface area contributed by atoms with E-state index in [4.69, 9.17) is 16.9 Å². The van der Waals surface area contributed by atoms with E-state index in [0.717, 1.165) is 0 Å². The van der Waals surface area contributed by atoms with Crippen molar-refractivity contribution in [3.05, 3.63) is 83.9 Å². The highest BCUT2D eigenvalue weighted by Crippen LogP contribution is 2.21. The number of amides is 7. The second kappa shape index (κ2) is 29.7. The third kappa shape index (κ3) is 19.0. The predicted molar refractivity (Wildman–Crippen MR) is 276 cm³/mol. The number of rotatable bonds is 30. The average Bonchev–Trinajstić information content (AvgIpc) is 4.09. The molecule has 7 amide bonds. The lowest BCUT2D eigenvalue weighted by Crippen LogP contribution is -2.62. The molecule has 3 aromatic rings. The molecule has 25 nitrogen and oxygen atoms in total. The average molecular weight is 1060 g/mol. The number of nitrogens with one attached hydrogen (secondary N) is 9. The largest absolute Gasteiger partial charge is 0.508 e. The summed E-state index contributed by atoms with van der Waals surface area (Å²) in [4.78, 5) is 131. The molecule has 0 radical (unpaired) electrons. The minimum atomic E-state index is -1.50. The Morgan fingerprint density at radius 2 is 1.36 bits per heavy atom. The molecule has 4 rings (SSSR count). The van der Waals surface area contributed by atoms with E-state index in [0.29, 0.717) is 42.5 Å². The molecule has 16 N–H and O–H groups in total. The molecule has 1 fully saturated rings. The number of unbranched alkanes of at least 4 members (excludes halogenated alkanes) is 1. The summed E-state index contributed by atoms with van der Waals surface area (Å²) in [6.45, 7) is 7.13. The number of likely N-dealkylation sites (tertiary alicyclic amines) is 1. The Hall–Kier alpha value is -8.09. The number of aromatic amines is 1. The van der Waals surface area contributed by atoms with Crippen molar-refractivity contribution in [3.63, 3.8) is 0 Å². The van der Waals surface area contributed by atoms with Gasteiger partial charge in [-0.25, -0.2) is 9.78 Å². The van der Waals surface area contributed by atoms with E-state index < -0.39 is 120 Å². The minimum Gasteiger partial charge on any atom is -0.508 e. The number of aromatic hydroxyl groups is 1. The summed E-state index contributed by atoms with van der Waals surface area (Å²) in [5, 5.41) is 55.2. The number of carbonyl (C=O) groups excluding carboxylic acids is 7. The van der Waals surface area contributed by atoms with Crippen molar-refractivity contribution in [2.75, 3.05) is 13.1 Å². The lowest BCUT2D eigenvalue weighted by molar-refractivity contribution is -0.145. The molecule has 414 valence electrons. The zero-order valence-electron chi connectivity index (χ0n) is 43.2. The fraction of sp³-hybridized carbons (Fsp3) is 0.510. The molecule has 1 unspecified atom stereocenters. The van der Waals surface area contributed by atoms with Crippen molar-refractivity contribution in [1.29, 1.82) is 5.41 Å². The number of aromatic nitrogens is 2. The molecular weight excluding hydrogens is 987 g/mol. The van der Waals surface area contributed by atoms with Gasteiger partial charge < -0.3 is 73.9 Å². The molecule has 2 aromatic carbocycles. The predicted octanol–water partition coefficient (Wildman–Crippen LogP) is -0.715. The number of benzene rings is 2. The monoisotopic (exact) mass is 1060 g/mol. The van der Waals surface area contributed by atoms with Crippen LogP contribution in [0.3, 0.4) is 0 Å². The second-order valence-corrected chi connectivity index (χ2v) is 19.2. The van der Waals surface area contributed by atoms with Gasteiger partial charge in [0.15, 0.2) is 5.96 Å². The molecule has 25 heteroatoms. The van der Waals surface area contributed by atoms with Crippen molar-refractivity contribution in [3.8, 4) is 5.75 Å². The van der Waals surface area contributed by atoms with Crippen molar-refractivity contribution in [1.82, 2.24) is 52.1 Å². The number of hydrogen-bond donors (Lipinski definition) is 14. The van der Waals surface area contributed by atoms with Gasteiger partial charge in [0, 0.05) is 38.5 Å². The molecule has 0 bridgehead atoms. The van der Waals surface area contributed by atoms with Gasteiger partial charge in [-0.15, -0.1) is 0 Å². The van der Waals surface area contributed by atoms with Gasteiger partial charge in [0.05, 0.1) is 24.5 Å². The van der Waals surface area contributed by atoms with Gasteiger partial charge in [-0.05, 0) is 67.2 Å². The van der Waals surface area contributed by atoms with Crippen molar-refractivity contribution in [2.45, 2.75) is 140 Å². The normalized spacial score (nSPS) is 16.3. The smallest absolute Gasteiger partial charge is 0.326 e. The van der Waals surface area contributed by atoms with E-state index in [1.165, 1.54) is 41.7 Å². The molecule has 1 saturated heterocycles. The quantitative estimate of drug-likeness (QED) is 0.0223. The number of carbonyl (C=O) groups is 9. The molecule has 76 heavy (non-hydrogen) atoms. The SMILES string of the molecule is CC[C@H](C)[C@H](NC(=O)[C@H](Cc1ccc(O)cc1)NC(=O)[C@@H](NC(=O)[C@H](CCCCNC(=N)N)NC(=O)[C@@H](N)CC(=O)O)C(C)C)C(=O)N[C@@H](Cc1c[nH]cn1)C(=O)N1CCCC1C(=O)N[C@@H](Cc1ccccc1)C(=O)O. The molecule has 2 heterocycles. The number of nitrogens with zero attached hydrogens (tertiary/aromatic N) is 2. The van der Waals surface area contributed by atoms with Gasteiger partial charge in [0.25, 0.3) is 0 Å². The van der Waals surface area contributed by atoms with Crippen molar-refractivity contribution < 1.29 is 58.5 Å². The summed E-state index contributed by atoms with van der Waals surface area (Å²) in [6.07, 6.45) is 3.59. The maximum Gasteiger partial charge on any atom is 0.326 e. The summed E-state index contributed by atoms with van der Waals surface area (Å²) >= 11 is 0. The Kier molecular flexibility index (Phi) is 23.6. The number of phenolic OH excluding ortho intramolecular Hbond substituents is 1. The third-order valence-electron chi connectivity index (χ3n) is 13.0. The number of carboxylic acids is 2. The van der Waals surface area contributed by atoms with E-state index in [1.807, 2.05) is 0 Å². The standard InChI is InChI=1S/C51H73N13O12/c1-5-29(4)42(48(73)60-37(24-32-26-55-27-57-32)49(74)64-21-11-15-39(64)46(71)61-38(50(75)76)23-30-12-7-6-8-13-30)63-45(70)36(22-31-16-18-33(65)19-17-31)59-47(72)41(28(2)3)62-44(69)35(14-9-10-20-56-51(53)54)58-43(68)34(52)25-40(66)67/h6-8,12-13,16-19,26-29,34-39,41-42,65H,5,9-11,14-15,20-25,52H2,1-4H3,(H,55,57)(H,58,68)(H,59,72)(H,60,73)(H,61,71)(H,62,69)(H,63,70)(H,66,67)(H,75,76)(H4,53,54,56)/t29-,34-,35-,36-,37-,38-,39?,41-,42-/m0/s1. The number of H-pyrrole nitrogens is 1. The van der Waals surface area contributed by atoms with Crippen LogP contribution in [0, 0.1) is 17.2 Å². The molecule has 1 aromatic heterocycles. The lowest BCUT2D eigenvalue weighted by Gasteiger charge is -2.32. The highest BCUT2D eigenvalue weighted by atomic mass is 16.4. The van der Waals surface area contributed by atoms with Crippen LogP contribution in [-0.4, -0.2) is 151 Å². The van der Waals surface area contributed by atoms with E-state index in [2.05, 4.69) is 47.2 Å². The van der Waals surface area contributed by atoms with E-state index in [-0.39, 0.29) is 56.9 Å².